The number of hydrogen-bond acceptors (Lipinski definition) is 2. The van der Waals surface area contributed by atoms with Gasteiger partial charge in [0, 0.05) is 6.54 Å². The normalized spacial score (nSPS) is 12.6. The summed E-state index contributed by atoms with van der Waals surface area (Å²) < 4.78 is 11.6. The molecule has 2 N–H and O–H groups in total. The van der Waals surface area contributed by atoms with Crippen molar-refractivity contribution in [3.63, 3.8) is 0 Å². The Hall–Kier alpha value is -0.840. The molecule has 0 radical (unpaired) electrons. The predicted octanol–water partition coefficient (Wildman–Crippen LogP) is 0.664. The van der Waals surface area contributed by atoms with Gasteiger partial charge in [-0.25, -0.2) is 4.79 Å². The van der Waals surface area contributed by atoms with Gasteiger partial charge in [0.15, 0.2) is 0 Å². The molecule has 1 amide bonds. The number of hydrogen-bond donors (Lipinski definition) is 2. The molecule has 0 saturated carbocycles. The highest BCUT2D eigenvalue weighted by Gasteiger charge is 2.15. The number of nitrogens with zero attached hydrogens (tertiary/aromatic N) is 1. The molecule has 0 aromatic rings. The van der Waals surface area contributed by atoms with Crippen LogP contribution in [0.3, 0.4) is 0 Å². The Balaban J connectivity index is 3.80. The lowest BCUT2D eigenvalue weighted by Gasteiger charge is -2.21. The average Bonchev–Trinajstić information content (AvgIpc) is 1.87. The molecule has 1 atom stereocenters. The predicted molar refractivity (Wildman–Crippen MR) is 37.0 cm³/mol. The van der Waals surface area contributed by atoms with Crippen LogP contribution >= 0.6 is 0 Å². The number of alkyl halides is 1. The van der Waals surface area contributed by atoms with E-state index in [4.69, 9.17) is 10.2 Å². The van der Waals surface area contributed by atoms with Crippen LogP contribution in [-0.4, -0.2) is 40.7 Å². The fourth-order valence-electron chi connectivity index (χ4n) is 0.672. The highest BCUT2D eigenvalue weighted by Crippen LogP contribution is 1.97. The van der Waals surface area contributed by atoms with Gasteiger partial charge >= 0.3 is 6.09 Å². The first kappa shape index (κ1) is 10.2. The second-order valence-corrected chi connectivity index (χ2v) is 2.15. The molecule has 5 heteroatoms. The molecule has 0 aromatic heterocycles. The third-order valence-electron chi connectivity index (χ3n) is 1.23. The Kier molecular flexibility index (Phi) is 4.52. The lowest BCUT2D eigenvalue weighted by Crippen LogP contribution is -2.38. The van der Waals surface area contributed by atoms with E-state index in [2.05, 4.69) is 0 Å². The number of amides is 1. The number of carboxylic acid groups (broad SMARTS) is 1. The molecule has 66 valence electrons. The minimum atomic E-state index is -1.23. The third-order valence-corrected chi connectivity index (χ3v) is 1.23. The van der Waals surface area contributed by atoms with E-state index >= 15 is 0 Å². The minimum absolute atomic E-state index is 0.0312. The molecular formula is C6H12FNO3. The van der Waals surface area contributed by atoms with Crippen molar-refractivity contribution in [2.75, 3.05) is 13.2 Å². The largest absolute Gasteiger partial charge is 0.465 e. The van der Waals surface area contributed by atoms with Gasteiger partial charge in [-0.15, -0.1) is 0 Å². The SMILES string of the molecule is CC(O)N(CCCF)C(=O)O. The molecule has 4 nitrogen and oxygen atoms in total. The van der Waals surface area contributed by atoms with E-state index in [-0.39, 0.29) is 13.0 Å². The van der Waals surface area contributed by atoms with Gasteiger partial charge in [0.2, 0.25) is 0 Å². The first-order chi connectivity index (χ1) is 5.09. The van der Waals surface area contributed by atoms with Crippen molar-refractivity contribution in [2.24, 2.45) is 0 Å². The first-order valence-corrected chi connectivity index (χ1v) is 3.33. The van der Waals surface area contributed by atoms with Crippen molar-refractivity contribution in [3.05, 3.63) is 0 Å². The standard InChI is InChI=1S/C6H12FNO3/c1-5(9)8(6(10)11)4-2-3-7/h5,9H,2-4H2,1H3,(H,10,11). The van der Waals surface area contributed by atoms with Gasteiger partial charge in [-0.2, -0.15) is 0 Å². The average molecular weight is 165 g/mol. The first-order valence-electron chi connectivity index (χ1n) is 3.33. The van der Waals surface area contributed by atoms with Crippen LogP contribution in [0.2, 0.25) is 0 Å². The molecule has 1 unspecified atom stereocenters. The molecule has 0 spiro atoms. The highest BCUT2D eigenvalue weighted by molar-refractivity contribution is 5.65. The highest BCUT2D eigenvalue weighted by atomic mass is 19.1. The number of halogens is 1. The maximum atomic E-state index is 11.6. The molecule has 0 aliphatic rings. The summed E-state index contributed by atoms with van der Waals surface area (Å²) in [5.41, 5.74) is 0. The minimum Gasteiger partial charge on any atom is -0.465 e. The molecule has 0 heterocycles. The van der Waals surface area contributed by atoms with Crippen LogP contribution in [0.15, 0.2) is 0 Å². The van der Waals surface area contributed by atoms with Crippen LogP contribution in [0.25, 0.3) is 0 Å². The molecule has 11 heavy (non-hydrogen) atoms. The van der Waals surface area contributed by atoms with Crippen LogP contribution < -0.4 is 0 Å². The zero-order chi connectivity index (χ0) is 8.85. The van der Waals surface area contributed by atoms with Gasteiger partial charge in [0.05, 0.1) is 6.67 Å². The molecule has 0 aliphatic heterocycles. The summed E-state index contributed by atoms with van der Waals surface area (Å²) in [6.07, 6.45) is -2.18. The Morgan fingerprint density at radius 2 is 2.27 bits per heavy atom. The lowest BCUT2D eigenvalue weighted by atomic mass is 10.4. The summed E-state index contributed by atoms with van der Waals surface area (Å²) >= 11 is 0. The van der Waals surface area contributed by atoms with Gasteiger partial charge in [-0.1, -0.05) is 0 Å². The van der Waals surface area contributed by atoms with Crippen LogP contribution in [-0.2, 0) is 0 Å². The Morgan fingerprint density at radius 3 is 2.55 bits per heavy atom. The van der Waals surface area contributed by atoms with E-state index in [0.717, 1.165) is 4.90 Å². The number of rotatable bonds is 4. The lowest BCUT2D eigenvalue weighted by molar-refractivity contribution is 0.0237. The van der Waals surface area contributed by atoms with E-state index in [9.17, 15) is 9.18 Å². The molecule has 0 aliphatic carbocycles. The van der Waals surface area contributed by atoms with Gasteiger partial charge < -0.3 is 10.2 Å². The quantitative estimate of drug-likeness (QED) is 0.602. The Labute approximate surface area is 64.2 Å². The summed E-state index contributed by atoms with van der Waals surface area (Å²) in [5, 5.41) is 17.2. The monoisotopic (exact) mass is 165 g/mol. The number of aliphatic hydroxyl groups excluding tert-OH is 1. The topological polar surface area (TPSA) is 60.8 Å². The fourth-order valence-corrected chi connectivity index (χ4v) is 0.672. The summed E-state index contributed by atoms with van der Waals surface area (Å²) in [5.74, 6) is 0. The smallest absolute Gasteiger partial charge is 0.409 e. The molecule has 0 aromatic carbocycles. The van der Waals surface area contributed by atoms with Crippen LogP contribution in [0.1, 0.15) is 13.3 Å². The fraction of sp³-hybridized carbons (Fsp3) is 0.833. The second-order valence-electron chi connectivity index (χ2n) is 2.15. The van der Waals surface area contributed by atoms with Crippen molar-refractivity contribution in [1.29, 1.82) is 0 Å². The zero-order valence-corrected chi connectivity index (χ0v) is 6.33. The van der Waals surface area contributed by atoms with Crippen molar-refractivity contribution in [3.8, 4) is 0 Å². The van der Waals surface area contributed by atoms with Crippen LogP contribution in [0.5, 0.6) is 0 Å². The van der Waals surface area contributed by atoms with E-state index in [1.165, 1.54) is 6.92 Å². The second kappa shape index (κ2) is 4.90. The molecular weight excluding hydrogens is 153 g/mol. The van der Waals surface area contributed by atoms with Gasteiger partial charge in [-0.05, 0) is 13.3 Å². The van der Waals surface area contributed by atoms with E-state index < -0.39 is 19.0 Å². The number of aliphatic hydroxyl groups is 1. The van der Waals surface area contributed by atoms with Gasteiger partial charge in [0.25, 0.3) is 0 Å². The summed E-state index contributed by atoms with van der Waals surface area (Å²) in [6.45, 7) is 0.784. The summed E-state index contributed by atoms with van der Waals surface area (Å²) in [6, 6.07) is 0. The van der Waals surface area contributed by atoms with E-state index in [1.54, 1.807) is 0 Å². The zero-order valence-electron chi connectivity index (χ0n) is 6.33. The summed E-state index contributed by atoms with van der Waals surface area (Å²) in [4.78, 5) is 11.1. The van der Waals surface area contributed by atoms with Crippen LogP contribution in [0.4, 0.5) is 9.18 Å². The van der Waals surface area contributed by atoms with Crippen molar-refractivity contribution < 1.29 is 19.4 Å². The van der Waals surface area contributed by atoms with Crippen molar-refractivity contribution in [2.45, 2.75) is 19.6 Å². The maximum absolute atomic E-state index is 11.6. The Bertz CT molecular complexity index is 129. The third kappa shape index (κ3) is 3.77. The van der Waals surface area contributed by atoms with Crippen molar-refractivity contribution in [1.82, 2.24) is 4.90 Å². The van der Waals surface area contributed by atoms with Gasteiger partial charge in [-0.3, -0.25) is 9.29 Å². The summed E-state index contributed by atoms with van der Waals surface area (Å²) in [7, 11) is 0. The van der Waals surface area contributed by atoms with Crippen molar-refractivity contribution >= 4 is 6.09 Å². The molecule has 0 bridgehead atoms. The molecule has 0 saturated heterocycles. The van der Waals surface area contributed by atoms with Gasteiger partial charge in [0.1, 0.15) is 6.23 Å². The van der Waals surface area contributed by atoms with Crippen LogP contribution in [0, 0.1) is 0 Å². The van der Waals surface area contributed by atoms with E-state index in [0.29, 0.717) is 0 Å². The van der Waals surface area contributed by atoms with E-state index in [1.807, 2.05) is 0 Å². The molecule has 0 fully saturated rings. The maximum Gasteiger partial charge on any atom is 0.409 e. The number of carbonyl (C=O) groups is 1. The molecule has 0 rings (SSSR count). The Morgan fingerprint density at radius 1 is 1.73 bits per heavy atom.